The molecule has 28 heavy (non-hydrogen) atoms. The first-order chi connectivity index (χ1) is 13.2. The smallest absolute Gasteiger partial charge is 0.382 e. The van der Waals surface area contributed by atoms with Gasteiger partial charge in [-0.15, -0.1) is 0 Å². The van der Waals surface area contributed by atoms with E-state index in [1.165, 1.54) is 0 Å². The summed E-state index contributed by atoms with van der Waals surface area (Å²) in [6.07, 6.45) is -3.78. The number of aliphatic imine (C=N–C) groups is 2. The molecule has 0 aliphatic heterocycles. The predicted octanol–water partition coefficient (Wildman–Crippen LogP) is 2.50. The van der Waals surface area contributed by atoms with Crippen molar-refractivity contribution in [2.45, 2.75) is 6.18 Å². The molecule has 2 rings (SSSR count). The van der Waals surface area contributed by atoms with Crippen molar-refractivity contribution in [1.29, 1.82) is 0 Å². The van der Waals surface area contributed by atoms with Crippen LogP contribution in [0.5, 0.6) is 0 Å². The summed E-state index contributed by atoms with van der Waals surface area (Å²) in [5.74, 6) is -0.162. The number of alkyl halides is 3. The minimum atomic E-state index is -4.50. The molecular weight excluding hydrogens is 397 g/mol. The van der Waals surface area contributed by atoms with E-state index in [1.807, 2.05) is 0 Å². The fraction of sp³-hybridized carbons (Fsp3) is 0.188. The van der Waals surface area contributed by atoms with Crippen LogP contribution in [0.15, 0.2) is 46.5 Å². The van der Waals surface area contributed by atoms with Crippen LogP contribution in [0.25, 0.3) is 0 Å². The molecular formula is C16H18ClF3N8. The summed E-state index contributed by atoms with van der Waals surface area (Å²) in [7, 11) is 0. The molecule has 0 saturated carbocycles. The molecule has 2 aromatic rings. The minimum absolute atomic E-state index is 0.104. The molecule has 0 unspecified atom stereocenters. The van der Waals surface area contributed by atoms with E-state index < -0.39 is 11.7 Å². The molecule has 0 aliphatic rings. The summed E-state index contributed by atoms with van der Waals surface area (Å²) in [6.45, 7) is 0.729. The highest BCUT2D eigenvalue weighted by Gasteiger charge is 2.31. The van der Waals surface area contributed by atoms with Crippen molar-refractivity contribution in [2.24, 2.45) is 27.2 Å². The number of nitrogens with one attached hydrogen (secondary N) is 2. The number of halogens is 4. The zero-order valence-electron chi connectivity index (χ0n) is 14.5. The zero-order chi connectivity index (χ0) is 20.7. The Morgan fingerprint density at radius 1 is 1.11 bits per heavy atom. The summed E-state index contributed by atoms with van der Waals surface area (Å²) < 4.78 is 37.9. The van der Waals surface area contributed by atoms with E-state index in [1.54, 1.807) is 24.3 Å². The van der Waals surface area contributed by atoms with E-state index in [9.17, 15) is 13.2 Å². The summed E-state index contributed by atoms with van der Waals surface area (Å²) in [5.41, 5.74) is 16.4. The number of hydrogen-bond acceptors (Lipinski definition) is 4. The van der Waals surface area contributed by atoms with Crippen molar-refractivity contribution in [3.8, 4) is 0 Å². The van der Waals surface area contributed by atoms with Gasteiger partial charge < -0.3 is 27.8 Å². The number of aromatic nitrogens is 1. The molecule has 0 saturated heterocycles. The molecule has 8 N–H and O–H groups in total. The fourth-order valence-electron chi connectivity index (χ4n) is 2.10. The highest BCUT2D eigenvalue weighted by atomic mass is 35.5. The first kappa shape index (κ1) is 21.1. The summed E-state index contributed by atoms with van der Waals surface area (Å²) in [6, 6.07) is 7.85. The van der Waals surface area contributed by atoms with Crippen LogP contribution in [0.3, 0.4) is 0 Å². The maximum Gasteiger partial charge on any atom is 0.417 e. The lowest BCUT2D eigenvalue weighted by molar-refractivity contribution is -0.137. The summed E-state index contributed by atoms with van der Waals surface area (Å²) >= 11 is 5.85. The Labute approximate surface area is 163 Å². The largest absolute Gasteiger partial charge is 0.417 e. The van der Waals surface area contributed by atoms with Gasteiger partial charge in [-0.05, 0) is 18.2 Å². The molecule has 0 aliphatic carbocycles. The van der Waals surface area contributed by atoms with E-state index in [2.05, 4.69) is 25.6 Å². The van der Waals surface area contributed by atoms with E-state index in [0.717, 1.165) is 12.3 Å². The fourth-order valence-corrected chi connectivity index (χ4v) is 2.34. The summed E-state index contributed by atoms with van der Waals surface area (Å²) in [5, 5.41) is 5.85. The monoisotopic (exact) mass is 414 g/mol. The SMILES string of the molecule is NC(N)=NC(N)=Nc1ccccc1NCCNc1ncc(C(F)(F)F)cc1Cl. The Kier molecular flexibility index (Phi) is 6.88. The van der Waals surface area contributed by atoms with E-state index in [-0.39, 0.29) is 22.8 Å². The van der Waals surface area contributed by atoms with Crippen LogP contribution in [-0.2, 0) is 6.18 Å². The van der Waals surface area contributed by atoms with Crippen molar-refractivity contribution < 1.29 is 13.2 Å². The molecule has 1 heterocycles. The van der Waals surface area contributed by atoms with Crippen LogP contribution in [0.4, 0.5) is 30.4 Å². The maximum atomic E-state index is 12.6. The van der Waals surface area contributed by atoms with E-state index in [4.69, 9.17) is 28.8 Å². The van der Waals surface area contributed by atoms with Crippen molar-refractivity contribution in [3.63, 3.8) is 0 Å². The number of para-hydroxylation sites is 2. The molecule has 0 atom stereocenters. The van der Waals surface area contributed by atoms with Gasteiger partial charge in [-0.2, -0.15) is 18.2 Å². The quantitative estimate of drug-likeness (QED) is 0.279. The lowest BCUT2D eigenvalue weighted by atomic mass is 10.2. The third-order valence-electron chi connectivity index (χ3n) is 3.28. The second-order valence-electron chi connectivity index (χ2n) is 5.43. The number of benzene rings is 1. The number of nitrogens with zero attached hydrogens (tertiary/aromatic N) is 3. The van der Waals surface area contributed by atoms with Gasteiger partial charge >= 0.3 is 6.18 Å². The third kappa shape index (κ3) is 6.20. The van der Waals surface area contributed by atoms with Gasteiger partial charge in [0.15, 0.2) is 5.96 Å². The topological polar surface area (TPSA) is 140 Å². The number of guanidine groups is 2. The summed E-state index contributed by atoms with van der Waals surface area (Å²) in [4.78, 5) is 11.5. The Balaban J connectivity index is 1.97. The molecule has 0 amide bonds. The minimum Gasteiger partial charge on any atom is -0.382 e. The first-order valence-electron chi connectivity index (χ1n) is 7.90. The average molecular weight is 415 g/mol. The van der Waals surface area contributed by atoms with Crippen molar-refractivity contribution in [3.05, 3.63) is 47.1 Å². The number of nitrogens with two attached hydrogens (primary N) is 3. The zero-order valence-corrected chi connectivity index (χ0v) is 15.2. The van der Waals surface area contributed by atoms with Crippen LogP contribution in [-0.4, -0.2) is 30.0 Å². The Hall–Kier alpha value is -3.21. The van der Waals surface area contributed by atoms with Gasteiger partial charge in [0.2, 0.25) is 5.96 Å². The standard InChI is InChI=1S/C16H18ClF3N8/c17-10-7-9(16(18,19)20)8-26-13(10)25-6-5-24-11-3-1-2-4-12(11)27-15(23)28-14(21)22/h1-4,7-8,24H,5-6H2,(H,25,26)(H6,21,22,23,27,28). The Morgan fingerprint density at radius 2 is 1.79 bits per heavy atom. The van der Waals surface area contributed by atoms with Crippen LogP contribution >= 0.6 is 11.6 Å². The van der Waals surface area contributed by atoms with Crippen molar-refractivity contribution >= 4 is 40.7 Å². The van der Waals surface area contributed by atoms with Gasteiger partial charge in [0.25, 0.3) is 0 Å². The van der Waals surface area contributed by atoms with Crippen LogP contribution < -0.4 is 27.8 Å². The molecule has 1 aromatic carbocycles. The molecule has 0 bridgehead atoms. The first-order valence-corrected chi connectivity index (χ1v) is 8.28. The highest BCUT2D eigenvalue weighted by molar-refractivity contribution is 6.32. The van der Waals surface area contributed by atoms with Crippen molar-refractivity contribution in [2.75, 3.05) is 23.7 Å². The number of anilines is 2. The highest BCUT2D eigenvalue weighted by Crippen LogP contribution is 2.32. The Bertz CT molecular complexity index is 878. The second kappa shape index (κ2) is 9.13. The van der Waals surface area contributed by atoms with Crippen LogP contribution in [0, 0.1) is 0 Å². The maximum absolute atomic E-state index is 12.6. The van der Waals surface area contributed by atoms with Gasteiger partial charge in [-0.1, -0.05) is 23.7 Å². The molecule has 0 spiro atoms. The van der Waals surface area contributed by atoms with E-state index >= 15 is 0 Å². The van der Waals surface area contributed by atoms with Gasteiger partial charge in [0, 0.05) is 19.3 Å². The molecule has 12 heteroatoms. The van der Waals surface area contributed by atoms with Crippen LogP contribution in [0.2, 0.25) is 5.02 Å². The molecule has 1 aromatic heterocycles. The molecule has 8 nitrogen and oxygen atoms in total. The number of rotatable bonds is 6. The van der Waals surface area contributed by atoms with Gasteiger partial charge in [-0.25, -0.2) is 9.98 Å². The molecule has 0 radical (unpaired) electrons. The molecule has 0 fully saturated rings. The predicted molar refractivity (Wildman–Crippen MR) is 105 cm³/mol. The second-order valence-corrected chi connectivity index (χ2v) is 5.84. The van der Waals surface area contributed by atoms with Gasteiger partial charge in [0.1, 0.15) is 5.82 Å². The van der Waals surface area contributed by atoms with Gasteiger partial charge in [-0.3, -0.25) is 0 Å². The lowest BCUT2D eigenvalue weighted by Crippen LogP contribution is -2.26. The van der Waals surface area contributed by atoms with Gasteiger partial charge in [0.05, 0.1) is 22.0 Å². The third-order valence-corrected chi connectivity index (χ3v) is 3.57. The Morgan fingerprint density at radius 3 is 2.43 bits per heavy atom. The van der Waals surface area contributed by atoms with Crippen LogP contribution in [0.1, 0.15) is 5.56 Å². The normalized spacial score (nSPS) is 11.8. The average Bonchev–Trinajstić information content (AvgIpc) is 2.59. The number of pyridine rings is 1. The molecule has 150 valence electrons. The van der Waals surface area contributed by atoms with Crippen molar-refractivity contribution in [1.82, 2.24) is 4.98 Å². The van der Waals surface area contributed by atoms with E-state index in [0.29, 0.717) is 24.5 Å². The number of hydrogen-bond donors (Lipinski definition) is 5. The lowest BCUT2D eigenvalue weighted by Gasteiger charge is -2.12.